The second-order valence-electron chi connectivity index (χ2n) is 4.36. The molecule has 1 aromatic carbocycles. The van der Waals surface area contributed by atoms with Gasteiger partial charge in [0.05, 0.1) is 6.10 Å². The van der Waals surface area contributed by atoms with Crippen LogP contribution in [0.2, 0.25) is 0 Å². The third kappa shape index (κ3) is 1.77. The highest BCUT2D eigenvalue weighted by Gasteiger charge is 2.40. The lowest BCUT2D eigenvalue weighted by Crippen LogP contribution is -2.34. The fraction of sp³-hybridized carbons (Fsp3) is 0.500. The van der Waals surface area contributed by atoms with Crippen LogP contribution in [0.4, 0.5) is 4.39 Å². The molecule has 15 heavy (non-hydrogen) atoms. The summed E-state index contributed by atoms with van der Waals surface area (Å²) in [6.45, 7) is 0.394. The first kappa shape index (κ1) is 10.6. The van der Waals surface area contributed by atoms with E-state index in [4.69, 9.17) is 5.73 Å². The molecule has 2 unspecified atom stereocenters. The predicted molar refractivity (Wildman–Crippen MR) is 57.0 cm³/mol. The Morgan fingerprint density at radius 2 is 2.20 bits per heavy atom. The highest BCUT2D eigenvalue weighted by Crippen LogP contribution is 2.41. The van der Waals surface area contributed by atoms with E-state index in [1.807, 2.05) is 6.07 Å². The molecule has 1 saturated carbocycles. The van der Waals surface area contributed by atoms with Crippen molar-refractivity contribution in [2.45, 2.75) is 30.8 Å². The zero-order valence-corrected chi connectivity index (χ0v) is 8.62. The van der Waals surface area contributed by atoms with Gasteiger partial charge in [-0.1, -0.05) is 18.2 Å². The Hall–Kier alpha value is -0.930. The normalized spacial score (nSPS) is 30.7. The molecule has 3 heteroatoms. The Kier molecular flexibility index (Phi) is 2.76. The summed E-state index contributed by atoms with van der Waals surface area (Å²) in [4.78, 5) is 0. The summed E-state index contributed by atoms with van der Waals surface area (Å²) in [6, 6.07) is 6.73. The van der Waals surface area contributed by atoms with E-state index in [0.29, 0.717) is 24.9 Å². The van der Waals surface area contributed by atoms with Gasteiger partial charge in [0.25, 0.3) is 0 Å². The van der Waals surface area contributed by atoms with E-state index in [2.05, 4.69) is 0 Å². The average Bonchev–Trinajstić information content (AvgIpc) is 2.62. The quantitative estimate of drug-likeness (QED) is 0.776. The van der Waals surface area contributed by atoms with Gasteiger partial charge >= 0.3 is 0 Å². The highest BCUT2D eigenvalue weighted by atomic mass is 19.1. The average molecular weight is 209 g/mol. The van der Waals surface area contributed by atoms with Crippen LogP contribution >= 0.6 is 0 Å². The zero-order chi connectivity index (χ0) is 10.9. The number of nitrogens with two attached hydrogens (primary N) is 1. The number of aliphatic hydroxyl groups is 1. The summed E-state index contributed by atoms with van der Waals surface area (Å²) in [5.41, 5.74) is 6.05. The molecule has 0 aromatic heterocycles. The van der Waals surface area contributed by atoms with Crippen molar-refractivity contribution in [3.8, 4) is 0 Å². The van der Waals surface area contributed by atoms with E-state index in [0.717, 1.165) is 6.42 Å². The highest BCUT2D eigenvalue weighted by molar-refractivity contribution is 5.29. The first-order valence-electron chi connectivity index (χ1n) is 5.31. The lowest BCUT2D eigenvalue weighted by molar-refractivity contribution is 0.173. The van der Waals surface area contributed by atoms with Crippen LogP contribution in [0.3, 0.4) is 0 Å². The molecule has 1 fully saturated rings. The molecule has 0 spiro atoms. The molecule has 0 aliphatic heterocycles. The Morgan fingerprint density at radius 1 is 1.47 bits per heavy atom. The lowest BCUT2D eigenvalue weighted by atomic mass is 9.78. The standard InChI is InChI=1S/C12H16FNO/c13-11-4-2-1-3-10(11)12(8-14)6-5-9(15)7-12/h1-4,9,15H,5-8,14H2. The van der Waals surface area contributed by atoms with Crippen molar-refractivity contribution >= 4 is 0 Å². The molecule has 2 atom stereocenters. The molecule has 0 saturated heterocycles. The van der Waals surface area contributed by atoms with Gasteiger partial charge in [-0.3, -0.25) is 0 Å². The Labute approximate surface area is 88.9 Å². The van der Waals surface area contributed by atoms with Crippen LogP contribution in [0.15, 0.2) is 24.3 Å². The summed E-state index contributed by atoms with van der Waals surface area (Å²) >= 11 is 0. The number of hydrogen-bond donors (Lipinski definition) is 2. The first-order valence-corrected chi connectivity index (χ1v) is 5.31. The third-order valence-electron chi connectivity index (χ3n) is 3.42. The van der Waals surface area contributed by atoms with Crippen molar-refractivity contribution in [2.24, 2.45) is 5.73 Å². The lowest BCUT2D eigenvalue weighted by Gasteiger charge is -2.28. The number of aliphatic hydroxyl groups excluding tert-OH is 1. The van der Waals surface area contributed by atoms with E-state index in [1.165, 1.54) is 6.07 Å². The molecule has 2 rings (SSSR count). The first-order chi connectivity index (χ1) is 7.18. The summed E-state index contributed by atoms with van der Waals surface area (Å²) in [5, 5.41) is 9.57. The van der Waals surface area contributed by atoms with Gasteiger partial charge in [-0.2, -0.15) is 0 Å². The van der Waals surface area contributed by atoms with Crippen LogP contribution in [-0.2, 0) is 5.41 Å². The van der Waals surface area contributed by atoms with Crippen molar-refractivity contribution in [1.29, 1.82) is 0 Å². The van der Waals surface area contributed by atoms with Crippen molar-refractivity contribution in [3.05, 3.63) is 35.6 Å². The van der Waals surface area contributed by atoms with Crippen LogP contribution in [0.5, 0.6) is 0 Å². The number of hydrogen-bond acceptors (Lipinski definition) is 2. The SMILES string of the molecule is NCC1(c2ccccc2F)CCC(O)C1. The van der Waals surface area contributed by atoms with E-state index < -0.39 is 0 Å². The van der Waals surface area contributed by atoms with E-state index in [-0.39, 0.29) is 17.3 Å². The number of benzene rings is 1. The van der Waals surface area contributed by atoms with Crippen molar-refractivity contribution in [3.63, 3.8) is 0 Å². The molecule has 0 amide bonds. The van der Waals surface area contributed by atoms with Crippen LogP contribution in [0.25, 0.3) is 0 Å². The van der Waals surface area contributed by atoms with E-state index in [1.54, 1.807) is 12.1 Å². The minimum atomic E-state index is -0.356. The number of halogens is 1. The van der Waals surface area contributed by atoms with Crippen molar-refractivity contribution < 1.29 is 9.50 Å². The summed E-state index contributed by atoms with van der Waals surface area (Å²) in [7, 11) is 0. The fourth-order valence-electron chi connectivity index (χ4n) is 2.53. The maximum atomic E-state index is 13.7. The largest absolute Gasteiger partial charge is 0.393 e. The van der Waals surface area contributed by atoms with Crippen molar-refractivity contribution in [2.75, 3.05) is 6.54 Å². The Balaban J connectivity index is 2.39. The second-order valence-corrected chi connectivity index (χ2v) is 4.36. The predicted octanol–water partition coefficient (Wildman–Crippen LogP) is 1.57. The van der Waals surface area contributed by atoms with Crippen LogP contribution in [0.1, 0.15) is 24.8 Å². The smallest absolute Gasteiger partial charge is 0.127 e. The van der Waals surface area contributed by atoms with Crippen LogP contribution in [0, 0.1) is 5.82 Å². The molecule has 82 valence electrons. The minimum absolute atomic E-state index is 0.211. The topological polar surface area (TPSA) is 46.2 Å². The molecule has 0 radical (unpaired) electrons. The van der Waals surface area contributed by atoms with Gasteiger partial charge in [0.15, 0.2) is 0 Å². The fourth-order valence-corrected chi connectivity index (χ4v) is 2.53. The van der Waals surface area contributed by atoms with Crippen molar-refractivity contribution in [1.82, 2.24) is 0 Å². The molecule has 1 aliphatic carbocycles. The maximum absolute atomic E-state index is 13.7. The monoisotopic (exact) mass is 209 g/mol. The van der Waals surface area contributed by atoms with Gasteiger partial charge in [0.1, 0.15) is 5.82 Å². The molecule has 0 bridgehead atoms. The minimum Gasteiger partial charge on any atom is -0.393 e. The molecule has 3 N–H and O–H groups in total. The summed E-state index contributed by atoms with van der Waals surface area (Å²) in [6.07, 6.45) is 1.72. The molecule has 2 nitrogen and oxygen atoms in total. The van der Waals surface area contributed by atoms with Crippen LogP contribution in [-0.4, -0.2) is 17.8 Å². The Bertz CT molecular complexity index is 355. The van der Waals surface area contributed by atoms with Gasteiger partial charge in [-0.05, 0) is 30.9 Å². The molecule has 1 aromatic rings. The van der Waals surface area contributed by atoms with Gasteiger partial charge < -0.3 is 10.8 Å². The second kappa shape index (κ2) is 3.91. The van der Waals surface area contributed by atoms with Gasteiger partial charge in [0, 0.05) is 12.0 Å². The zero-order valence-electron chi connectivity index (χ0n) is 8.62. The van der Waals surface area contributed by atoms with E-state index >= 15 is 0 Å². The number of rotatable bonds is 2. The molecule has 0 heterocycles. The molecular formula is C12H16FNO. The van der Waals surface area contributed by atoms with Gasteiger partial charge in [-0.15, -0.1) is 0 Å². The van der Waals surface area contributed by atoms with Crippen LogP contribution < -0.4 is 5.73 Å². The van der Waals surface area contributed by atoms with Gasteiger partial charge in [-0.25, -0.2) is 4.39 Å². The molecular weight excluding hydrogens is 193 g/mol. The molecule has 1 aliphatic rings. The summed E-state index contributed by atoms with van der Waals surface area (Å²) in [5.74, 6) is -0.211. The third-order valence-corrected chi connectivity index (χ3v) is 3.42. The Morgan fingerprint density at radius 3 is 2.73 bits per heavy atom. The summed E-state index contributed by atoms with van der Waals surface area (Å²) < 4.78 is 13.7. The van der Waals surface area contributed by atoms with Gasteiger partial charge in [0.2, 0.25) is 0 Å². The van der Waals surface area contributed by atoms with E-state index in [9.17, 15) is 9.50 Å². The maximum Gasteiger partial charge on any atom is 0.127 e.